The van der Waals surface area contributed by atoms with E-state index in [1.54, 1.807) is 4.90 Å². The lowest BCUT2D eigenvalue weighted by Gasteiger charge is -2.28. The van der Waals surface area contributed by atoms with Gasteiger partial charge in [-0.1, -0.05) is 12.8 Å². The van der Waals surface area contributed by atoms with Crippen LogP contribution in [0.25, 0.3) is 0 Å². The number of hydrogen-bond acceptors (Lipinski definition) is 8. The van der Waals surface area contributed by atoms with Crippen molar-refractivity contribution in [1.82, 2.24) is 15.0 Å². The smallest absolute Gasteiger partial charge is 0.243 e. The van der Waals surface area contributed by atoms with Gasteiger partial charge in [-0.15, -0.1) is 0 Å². The van der Waals surface area contributed by atoms with Crippen molar-refractivity contribution in [3.05, 3.63) is 0 Å². The van der Waals surface area contributed by atoms with E-state index < -0.39 is 0 Å². The van der Waals surface area contributed by atoms with Gasteiger partial charge in [0.15, 0.2) is 0 Å². The van der Waals surface area contributed by atoms with Gasteiger partial charge in [0, 0.05) is 14.1 Å². The molecule has 0 saturated heterocycles. The Morgan fingerprint density at radius 3 is 2.37 bits per heavy atom. The van der Waals surface area contributed by atoms with Gasteiger partial charge in [0.05, 0.1) is 12.1 Å². The number of nitrogens with two attached hydrogens (primary N) is 1. The molecule has 0 unspecified atom stereocenters. The Balaban J connectivity index is 2.25. The van der Waals surface area contributed by atoms with E-state index in [-0.39, 0.29) is 12.1 Å². The standard InChI is InChI=1S/C11H21N7O/c1-18(2)10-14-8(13-9(15-10)17-12)16-11(7-19)5-3-4-6-11/h19H,3-7,12H2,1-2H3,(H2,13,14,15,16,17). The maximum atomic E-state index is 9.60. The molecule has 1 heterocycles. The molecule has 1 aromatic heterocycles. The number of nitrogens with zero attached hydrogens (tertiary/aromatic N) is 4. The van der Waals surface area contributed by atoms with Gasteiger partial charge >= 0.3 is 0 Å². The topological polar surface area (TPSA) is 112 Å². The fourth-order valence-electron chi connectivity index (χ4n) is 2.30. The van der Waals surface area contributed by atoms with E-state index in [2.05, 4.69) is 25.7 Å². The van der Waals surface area contributed by atoms with E-state index >= 15 is 0 Å². The highest BCUT2D eigenvalue weighted by molar-refractivity contribution is 5.43. The monoisotopic (exact) mass is 267 g/mol. The lowest BCUT2D eigenvalue weighted by Crippen LogP contribution is -2.40. The van der Waals surface area contributed by atoms with E-state index in [1.807, 2.05) is 14.1 Å². The summed E-state index contributed by atoms with van der Waals surface area (Å²) in [7, 11) is 3.69. The summed E-state index contributed by atoms with van der Waals surface area (Å²) in [6.07, 6.45) is 4.03. The van der Waals surface area contributed by atoms with Crippen molar-refractivity contribution < 1.29 is 5.11 Å². The lowest BCUT2D eigenvalue weighted by molar-refractivity contribution is 0.213. The molecule has 8 heteroatoms. The minimum absolute atomic E-state index is 0.0708. The Kier molecular flexibility index (Phi) is 4.01. The van der Waals surface area contributed by atoms with Crippen LogP contribution < -0.4 is 21.5 Å². The molecular formula is C11H21N7O. The number of nitrogens with one attached hydrogen (secondary N) is 2. The van der Waals surface area contributed by atoms with Crippen LogP contribution in [-0.4, -0.2) is 46.3 Å². The lowest BCUT2D eigenvalue weighted by atomic mass is 9.99. The molecule has 0 radical (unpaired) electrons. The molecule has 1 aromatic rings. The molecule has 0 spiro atoms. The Labute approximate surface area is 112 Å². The molecular weight excluding hydrogens is 246 g/mol. The van der Waals surface area contributed by atoms with Gasteiger partial charge in [0.2, 0.25) is 17.8 Å². The van der Waals surface area contributed by atoms with Crippen LogP contribution in [0.2, 0.25) is 0 Å². The largest absolute Gasteiger partial charge is 0.394 e. The third kappa shape index (κ3) is 3.02. The molecule has 106 valence electrons. The Morgan fingerprint density at radius 1 is 1.21 bits per heavy atom. The second kappa shape index (κ2) is 5.54. The average molecular weight is 267 g/mol. The molecule has 5 N–H and O–H groups in total. The molecule has 0 aliphatic heterocycles. The van der Waals surface area contributed by atoms with E-state index in [9.17, 15) is 5.11 Å². The van der Waals surface area contributed by atoms with Crippen molar-refractivity contribution in [2.75, 3.05) is 36.3 Å². The van der Waals surface area contributed by atoms with Gasteiger partial charge in [-0.25, -0.2) is 5.84 Å². The number of anilines is 3. The van der Waals surface area contributed by atoms with Crippen molar-refractivity contribution >= 4 is 17.8 Å². The van der Waals surface area contributed by atoms with Crippen LogP contribution in [0.3, 0.4) is 0 Å². The van der Waals surface area contributed by atoms with Gasteiger partial charge in [0.25, 0.3) is 0 Å². The minimum Gasteiger partial charge on any atom is -0.394 e. The molecule has 19 heavy (non-hydrogen) atoms. The SMILES string of the molecule is CN(C)c1nc(NN)nc(NC2(CO)CCCC2)n1. The normalized spacial score (nSPS) is 17.3. The summed E-state index contributed by atoms with van der Waals surface area (Å²) in [4.78, 5) is 14.4. The molecule has 0 atom stereocenters. The molecule has 0 bridgehead atoms. The summed E-state index contributed by atoms with van der Waals surface area (Å²) in [5, 5.41) is 12.8. The maximum absolute atomic E-state index is 9.60. The van der Waals surface area contributed by atoms with Crippen LogP contribution in [0.15, 0.2) is 0 Å². The molecule has 1 aliphatic carbocycles. The number of aliphatic hydroxyl groups excluding tert-OH is 1. The third-order valence-corrected chi connectivity index (χ3v) is 3.39. The summed E-state index contributed by atoms with van der Waals surface area (Å²) in [6, 6.07) is 0. The summed E-state index contributed by atoms with van der Waals surface area (Å²) in [5.41, 5.74) is 2.10. The fourth-order valence-corrected chi connectivity index (χ4v) is 2.30. The average Bonchev–Trinajstić information content (AvgIpc) is 2.87. The minimum atomic E-state index is -0.323. The number of hydrogen-bond donors (Lipinski definition) is 4. The highest BCUT2D eigenvalue weighted by Gasteiger charge is 2.34. The predicted molar refractivity (Wildman–Crippen MR) is 73.9 cm³/mol. The van der Waals surface area contributed by atoms with Gasteiger partial charge in [-0.2, -0.15) is 15.0 Å². The van der Waals surface area contributed by atoms with Gasteiger partial charge in [-0.05, 0) is 12.8 Å². The Hall–Kier alpha value is -1.67. The third-order valence-electron chi connectivity index (χ3n) is 3.39. The van der Waals surface area contributed by atoms with Crippen LogP contribution in [0.4, 0.5) is 17.8 Å². The number of rotatable bonds is 5. The molecule has 1 saturated carbocycles. The van der Waals surface area contributed by atoms with Crippen molar-refractivity contribution in [1.29, 1.82) is 0 Å². The molecule has 0 aromatic carbocycles. The van der Waals surface area contributed by atoms with Crippen LogP contribution >= 0.6 is 0 Å². The van der Waals surface area contributed by atoms with Crippen LogP contribution in [-0.2, 0) is 0 Å². The molecule has 1 fully saturated rings. The quantitative estimate of drug-likeness (QED) is 0.433. The second-order valence-electron chi connectivity index (χ2n) is 5.09. The van der Waals surface area contributed by atoms with Crippen molar-refractivity contribution in [3.8, 4) is 0 Å². The highest BCUT2D eigenvalue weighted by atomic mass is 16.3. The number of hydrazine groups is 1. The number of aliphatic hydroxyl groups is 1. The van der Waals surface area contributed by atoms with Crippen molar-refractivity contribution in [2.24, 2.45) is 5.84 Å². The second-order valence-corrected chi connectivity index (χ2v) is 5.09. The summed E-state index contributed by atoms with van der Waals surface area (Å²) in [6.45, 7) is 0.0708. The zero-order chi connectivity index (χ0) is 13.9. The highest BCUT2D eigenvalue weighted by Crippen LogP contribution is 2.32. The first kappa shape index (κ1) is 13.8. The predicted octanol–water partition coefficient (Wildman–Crippen LogP) is -0.0598. The fraction of sp³-hybridized carbons (Fsp3) is 0.727. The van der Waals surface area contributed by atoms with E-state index in [0.717, 1.165) is 25.7 Å². The molecule has 2 rings (SSSR count). The Bertz CT molecular complexity index is 431. The zero-order valence-electron chi connectivity index (χ0n) is 11.3. The molecule has 8 nitrogen and oxygen atoms in total. The van der Waals surface area contributed by atoms with Gasteiger partial charge in [-0.3, -0.25) is 5.43 Å². The van der Waals surface area contributed by atoms with Crippen molar-refractivity contribution in [2.45, 2.75) is 31.2 Å². The number of nitrogen functional groups attached to an aromatic ring is 1. The van der Waals surface area contributed by atoms with Crippen LogP contribution in [0.5, 0.6) is 0 Å². The van der Waals surface area contributed by atoms with Gasteiger partial charge in [0.1, 0.15) is 0 Å². The van der Waals surface area contributed by atoms with E-state index in [4.69, 9.17) is 5.84 Å². The first-order chi connectivity index (χ1) is 9.08. The summed E-state index contributed by atoms with van der Waals surface area (Å²) < 4.78 is 0. The number of aromatic nitrogens is 3. The first-order valence-electron chi connectivity index (χ1n) is 6.38. The van der Waals surface area contributed by atoms with Gasteiger partial charge < -0.3 is 15.3 Å². The van der Waals surface area contributed by atoms with E-state index in [0.29, 0.717) is 17.8 Å². The summed E-state index contributed by atoms with van der Waals surface area (Å²) >= 11 is 0. The van der Waals surface area contributed by atoms with E-state index in [1.165, 1.54) is 0 Å². The van der Waals surface area contributed by atoms with Crippen molar-refractivity contribution in [3.63, 3.8) is 0 Å². The summed E-state index contributed by atoms with van der Waals surface area (Å²) in [5.74, 6) is 6.60. The van der Waals surface area contributed by atoms with Crippen LogP contribution in [0.1, 0.15) is 25.7 Å². The maximum Gasteiger partial charge on any atom is 0.243 e. The zero-order valence-corrected chi connectivity index (χ0v) is 11.3. The molecule has 1 aliphatic rings. The first-order valence-corrected chi connectivity index (χ1v) is 6.38. The van der Waals surface area contributed by atoms with Crippen LogP contribution in [0, 0.1) is 0 Å². The Morgan fingerprint density at radius 2 is 1.84 bits per heavy atom. The molecule has 0 amide bonds.